The van der Waals surface area contributed by atoms with E-state index in [1.54, 1.807) is 7.05 Å². The molecule has 1 saturated heterocycles. The summed E-state index contributed by atoms with van der Waals surface area (Å²) in [6.07, 6.45) is 0.757. The number of nitrogens with one attached hydrogen (secondary N) is 1. The third-order valence-corrected chi connectivity index (χ3v) is 5.00. The first kappa shape index (κ1) is 12.5. The van der Waals surface area contributed by atoms with Crippen LogP contribution in [0.1, 0.15) is 0 Å². The van der Waals surface area contributed by atoms with E-state index in [1.807, 2.05) is 0 Å². The van der Waals surface area contributed by atoms with Crippen LogP contribution in [-0.4, -0.2) is 59.9 Å². The second kappa shape index (κ2) is 4.37. The summed E-state index contributed by atoms with van der Waals surface area (Å²) in [7, 11) is -0.560. The molecule has 1 aromatic heterocycles. The number of sulfonamides is 1. The predicted octanol–water partition coefficient (Wildman–Crippen LogP) is -1.63. The van der Waals surface area contributed by atoms with Crippen molar-refractivity contribution >= 4 is 10.0 Å². The Labute approximate surface area is 100 Å². The predicted molar refractivity (Wildman–Crippen MR) is 60.8 cm³/mol. The highest BCUT2D eigenvalue weighted by atomic mass is 32.2. The molecule has 2 heterocycles. The minimum absolute atomic E-state index is 0.124. The minimum atomic E-state index is -3.61. The van der Waals surface area contributed by atoms with Gasteiger partial charge in [0.2, 0.25) is 0 Å². The first-order chi connectivity index (χ1) is 7.94. The van der Waals surface area contributed by atoms with Gasteiger partial charge in [0, 0.05) is 27.2 Å². The van der Waals surface area contributed by atoms with E-state index in [9.17, 15) is 13.5 Å². The molecule has 0 saturated carbocycles. The SMILES string of the molecule is CN([C@@H]1CNC[C@H]1O)S(=O)(=O)c1ccnn1C. The van der Waals surface area contributed by atoms with Gasteiger partial charge in [-0.2, -0.15) is 9.40 Å². The molecule has 2 atom stereocenters. The third-order valence-electron chi connectivity index (χ3n) is 3.04. The van der Waals surface area contributed by atoms with Crippen LogP contribution in [0, 0.1) is 0 Å². The number of aryl methyl sites for hydroxylation is 1. The van der Waals surface area contributed by atoms with Gasteiger partial charge in [-0.15, -0.1) is 0 Å². The summed E-state index contributed by atoms with van der Waals surface area (Å²) in [5, 5.41) is 16.6. The van der Waals surface area contributed by atoms with Crippen molar-refractivity contribution in [1.82, 2.24) is 19.4 Å². The highest BCUT2D eigenvalue weighted by Gasteiger charge is 2.36. The average molecular weight is 260 g/mol. The highest BCUT2D eigenvalue weighted by molar-refractivity contribution is 7.89. The lowest BCUT2D eigenvalue weighted by atomic mass is 10.2. The second-order valence-corrected chi connectivity index (χ2v) is 6.05. The van der Waals surface area contributed by atoms with Crippen LogP contribution in [-0.2, 0) is 17.1 Å². The Morgan fingerprint density at radius 2 is 2.29 bits per heavy atom. The number of rotatable bonds is 3. The van der Waals surface area contributed by atoms with Crippen molar-refractivity contribution in [2.45, 2.75) is 17.2 Å². The van der Waals surface area contributed by atoms with Crippen molar-refractivity contribution in [3.8, 4) is 0 Å². The topological polar surface area (TPSA) is 87.5 Å². The number of aliphatic hydroxyl groups excluding tert-OH is 1. The zero-order valence-corrected chi connectivity index (χ0v) is 10.6. The first-order valence-electron chi connectivity index (χ1n) is 5.29. The van der Waals surface area contributed by atoms with Gasteiger partial charge in [-0.25, -0.2) is 8.42 Å². The van der Waals surface area contributed by atoms with E-state index in [0.717, 1.165) is 0 Å². The van der Waals surface area contributed by atoms with Crippen LogP contribution in [0.3, 0.4) is 0 Å². The van der Waals surface area contributed by atoms with Crippen LogP contribution in [0.2, 0.25) is 0 Å². The summed E-state index contributed by atoms with van der Waals surface area (Å²) < 4.78 is 27.1. The normalized spacial score (nSPS) is 25.6. The lowest BCUT2D eigenvalue weighted by Crippen LogP contribution is -2.44. The molecule has 1 fully saturated rings. The number of β-amino-alcohol motifs (C(OH)–C–C–N with tert-alkyl or cyclic N) is 1. The van der Waals surface area contributed by atoms with E-state index in [4.69, 9.17) is 0 Å². The fourth-order valence-electron chi connectivity index (χ4n) is 1.96. The molecule has 2 rings (SSSR count). The van der Waals surface area contributed by atoms with E-state index in [1.165, 1.54) is 28.3 Å². The lowest BCUT2D eigenvalue weighted by Gasteiger charge is -2.25. The maximum Gasteiger partial charge on any atom is 0.260 e. The second-order valence-electron chi connectivity index (χ2n) is 4.11. The van der Waals surface area contributed by atoms with Crippen LogP contribution in [0.15, 0.2) is 17.3 Å². The lowest BCUT2D eigenvalue weighted by molar-refractivity contribution is 0.136. The Morgan fingerprint density at radius 1 is 1.59 bits per heavy atom. The standard InChI is InChI=1S/C9H16N4O3S/c1-12-9(3-4-11-12)17(15,16)13(2)7-5-10-6-8(7)14/h3-4,7-8,10,14H,5-6H2,1-2H3/t7-,8-/m1/s1. The molecule has 0 radical (unpaired) electrons. The quantitative estimate of drug-likeness (QED) is 0.681. The van der Waals surface area contributed by atoms with Crippen molar-refractivity contribution < 1.29 is 13.5 Å². The Balaban J connectivity index is 2.30. The zero-order chi connectivity index (χ0) is 12.6. The molecule has 0 aromatic carbocycles. The van der Waals surface area contributed by atoms with Gasteiger partial charge in [-0.1, -0.05) is 0 Å². The zero-order valence-electron chi connectivity index (χ0n) is 9.74. The molecule has 7 nitrogen and oxygen atoms in total. The Hall–Kier alpha value is -0.960. The monoisotopic (exact) mass is 260 g/mol. The van der Waals surface area contributed by atoms with Crippen molar-refractivity contribution in [3.63, 3.8) is 0 Å². The fraction of sp³-hybridized carbons (Fsp3) is 0.667. The van der Waals surface area contributed by atoms with Gasteiger partial charge in [0.1, 0.15) is 0 Å². The van der Waals surface area contributed by atoms with Gasteiger partial charge in [0.05, 0.1) is 18.3 Å². The molecule has 2 N–H and O–H groups in total. The highest BCUT2D eigenvalue weighted by Crippen LogP contribution is 2.18. The van der Waals surface area contributed by atoms with Gasteiger partial charge >= 0.3 is 0 Å². The molecule has 1 aliphatic rings. The molecule has 0 bridgehead atoms. The van der Waals surface area contributed by atoms with Crippen molar-refractivity contribution in [2.75, 3.05) is 20.1 Å². The van der Waals surface area contributed by atoms with Crippen LogP contribution in [0.4, 0.5) is 0 Å². The minimum Gasteiger partial charge on any atom is -0.390 e. The summed E-state index contributed by atoms with van der Waals surface area (Å²) in [5.41, 5.74) is 0. The van der Waals surface area contributed by atoms with Crippen LogP contribution in [0.5, 0.6) is 0 Å². The summed E-state index contributed by atoms with van der Waals surface area (Å²) in [6.45, 7) is 0.866. The maximum absolute atomic E-state index is 12.3. The molecular formula is C9H16N4O3S. The number of nitrogens with zero attached hydrogens (tertiary/aromatic N) is 3. The fourth-order valence-corrected chi connectivity index (χ4v) is 3.44. The van der Waals surface area contributed by atoms with Gasteiger partial charge in [-0.05, 0) is 6.07 Å². The summed E-state index contributed by atoms with van der Waals surface area (Å²) >= 11 is 0. The van der Waals surface area contributed by atoms with Crippen molar-refractivity contribution in [2.24, 2.45) is 7.05 Å². The van der Waals surface area contributed by atoms with E-state index in [2.05, 4.69) is 10.4 Å². The Kier molecular flexibility index (Phi) is 3.21. The summed E-state index contributed by atoms with van der Waals surface area (Å²) in [5.74, 6) is 0. The van der Waals surface area contributed by atoms with Crippen LogP contribution >= 0.6 is 0 Å². The number of hydrogen-bond donors (Lipinski definition) is 2. The summed E-state index contributed by atoms with van der Waals surface area (Å²) in [6, 6.07) is 1.01. The van der Waals surface area contributed by atoms with E-state index in [0.29, 0.717) is 13.1 Å². The number of likely N-dealkylation sites (N-methyl/N-ethyl adjacent to an activating group) is 1. The van der Waals surface area contributed by atoms with Gasteiger partial charge in [0.15, 0.2) is 5.03 Å². The number of aromatic nitrogens is 2. The molecule has 0 spiro atoms. The van der Waals surface area contributed by atoms with Crippen LogP contribution < -0.4 is 5.32 Å². The molecule has 96 valence electrons. The largest absolute Gasteiger partial charge is 0.390 e. The van der Waals surface area contributed by atoms with Crippen LogP contribution in [0.25, 0.3) is 0 Å². The third kappa shape index (κ3) is 2.08. The van der Waals surface area contributed by atoms with Gasteiger partial charge in [-0.3, -0.25) is 4.68 Å². The van der Waals surface area contributed by atoms with Gasteiger partial charge < -0.3 is 10.4 Å². The molecule has 0 amide bonds. The van der Waals surface area contributed by atoms with Crippen molar-refractivity contribution in [3.05, 3.63) is 12.3 Å². The van der Waals surface area contributed by atoms with E-state index < -0.39 is 22.2 Å². The smallest absolute Gasteiger partial charge is 0.260 e. The van der Waals surface area contributed by atoms with Gasteiger partial charge in [0.25, 0.3) is 10.0 Å². The molecule has 8 heteroatoms. The molecule has 1 aromatic rings. The average Bonchev–Trinajstić information content (AvgIpc) is 2.86. The maximum atomic E-state index is 12.3. The summed E-state index contributed by atoms with van der Waals surface area (Å²) in [4.78, 5) is 0. The molecular weight excluding hydrogens is 244 g/mol. The Morgan fingerprint density at radius 3 is 2.76 bits per heavy atom. The number of aliphatic hydroxyl groups is 1. The van der Waals surface area contributed by atoms with Crippen molar-refractivity contribution in [1.29, 1.82) is 0 Å². The van der Waals surface area contributed by atoms with E-state index in [-0.39, 0.29) is 5.03 Å². The molecule has 17 heavy (non-hydrogen) atoms. The first-order valence-corrected chi connectivity index (χ1v) is 6.73. The molecule has 0 unspecified atom stereocenters. The Bertz CT molecular complexity index is 498. The molecule has 1 aliphatic heterocycles. The molecule has 0 aliphatic carbocycles. The number of hydrogen-bond acceptors (Lipinski definition) is 5. The van der Waals surface area contributed by atoms with E-state index >= 15 is 0 Å².